The van der Waals surface area contributed by atoms with E-state index in [-0.39, 0.29) is 0 Å². The van der Waals surface area contributed by atoms with E-state index in [0.717, 1.165) is 35.3 Å². The molecule has 0 atom stereocenters. The third kappa shape index (κ3) is 2.57. The van der Waals surface area contributed by atoms with Gasteiger partial charge in [-0.3, -0.25) is 0 Å². The molecule has 4 aromatic rings. The predicted molar refractivity (Wildman–Crippen MR) is 103 cm³/mol. The van der Waals surface area contributed by atoms with E-state index in [1.807, 2.05) is 18.2 Å². The van der Waals surface area contributed by atoms with Gasteiger partial charge in [-0.15, -0.1) is 0 Å². The largest absolute Gasteiger partial charge is 0.323 e. The van der Waals surface area contributed by atoms with E-state index in [0.29, 0.717) is 0 Å². The van der Waals surface area contributed by atoms with Crippen molar-refractivity contribution in [2.24, 2.45) is 0 Å². The Hall–Kier alpha value is -2.46. The number of benzene rings is 2. The van der Waals surface area contributed by atoms with Gasteiger partial charge in [-0.2, -0.15) is 0 Å². The fourth-order valence-corrected chi connectivity index (χ4v) is 4.03. The van der Waals surface area contributed by atoms with Crippen LogP contribution in [-0.2, 0) is 6.54 Å². The van der Waals surface area contributed by atoms with Crippen molar-refractivity contribution >= 4 is 33.1 Å². The Morgan fingerprint density at radius 1 is 0.760 bits per heavy atom. The molecule has 1 aliphatic heterocycles. The molecule has 1 saturated heterocycles. The lowest BCUT2D eigenvalue weighted by Gasteiger charge is -2.26. The maximum atomic E-state index is 4.96. The van der Waals surface area contributed by atoms with Gasteiger partial charge >= 0.3 is 0 Å². The highest BCUT2D eigenvalue weighted by Gasteiger charge is 2.16. The molecule has 4 nitrogen and oxygen atoms in total. The number of hydrogen-bond acceptors (Lipinski definition) is 3. The summed E-state index contributed by atoms with van der Waals surface area (Å²) in [6, 6.07) is 16.7. The zero-order chi connectivity index (χ0) is 16.6. The fraction of sp³-hybridized carbons (Fsp3) is 0.333. The maximum Gasteiger partial charge on any atom is 0.160 e. The number of likely N-dealkylation sites (tertiary alicyclic amines) is 1. The van der Waals surface area contributed by atoms with E-state index in [1.165, 1.54) is 43.3 Å². The van der Waals surface area contributed by atoms with Gasteiger partial charge in [0.05, 0.1) is 16.6 Å². The lowest BCUT2D eigenvalue weighted by molar-refractivity contribution is 0.222. The molecule has 126 valence electrons. The molecule has 25 heavy (non-hydrogen) atoms. The molecule has 0 amide bonds. The van der Waals surface area contributed by atoms with Crippen LogP contribution in [0.1, 0.15) is 19.3 Å². The summed E-state index contributed by atoms with van der Waals surface area (Å²) in [5.74, 6) is 0. The van der Waals surface area contributed by atoms with Crippen molar-refractivity contribution in [2.45, 2.75) is 25.8 Å². The lowest BCUT2D eigenvalue weighted by Crippen LogP contribution is -2.32. The minimum atomic E-state index is 0.967. The van der Waals surface area contributed by atoms with E-state index in [2.05, 4.69) is 39.8 Å². The summed E-state index contributed by atoms with van der Waals surface area (Å²) in [6.45, 7) is 4.51. The van der Waals surface area contributed by atoms with Crippen LogP contribution in [-0.4, -0.2) is 39.1 Å². The minimum absolute atomic E-state index is 0.967. The standard InChI is InChI=1S/C21H22N4/c1-6-12-24(13-7-1)14-15-25-19-11-5-2-8-16(19)20-21(25)23-18-10-4-3-9-17(18)22-20/h2-5,8-11H,1,6-7,12-15H2. The number of hydrogen-bond donors (Lipinski definition) is 0. The van der Waals surface area contributed by atoms with Gasteiger partial charge in [0.15, 0.2) is 5.65 Å². The van der Waals surface area contributed by atoms with Gasteiger partial charge in [0, 0.05) is 18.5 Å². The fourth-order valence-electron chi connectivity index (χ4n) is 4.03. The van der Waals surface area contributed by atoms with Gasteiger partial charge < -0.3 is 9.47 Å². The average molecular weight is 330 g/mol. The van der Waals surface area contributed by atoms with Crippen LogP contribution in [0.5, 0.6) is 0 Å². The summed E-state index contributed by atoms with van der Waals surface area (Å²) in [4.78, 5) is 12.5. The first kappa shape index (κ1) is 14.8. The van der Waals surface area contributed by atoms with Crippen LogP contribution in [0.3, 0.4) is 0 Å². The molecule has 0 unspecified atom stereocenters. The Bertz CT molecular complexity index is 1040. The van der Waals surface area contributed by atoms with Gasteiger partial charge in [-0.05, 0) is 44.1 Å². The molecule has 0 saturated carbocycles. The molecule has 0 aliphatic carbocycles. The van der Waals surface area contributed by atoms with Crippen molar-refractivity contribution in [3.63, 3.8) is 0 Å². The Kier molecular flexibility index (Phi) is 3.63. The summed E-state index contributed by atoms with van der Waals surface area (Å²) in [5, 5.41) is 1.20. The van der Waals surface area contributed by atoms with Gasteiger partial charge in [-0.1, -0.05) is 36.8 Å². The van der Waals surface area contributed by atoms with Crippen LogP contribution in [0.2, 0.25) is 0 Å². The van der Waals surface area contributed by atoms with Crippen LogP contribution in [0.15, 0.2) is 48.5 Å². The van der Waals surface area contributed by atoms with Gasteiger partial charge in [0.1, 0.15) is 5.52 Å². The molecule has 2 aromatic carbocycles. The van der Waals surface area contributed by atoms with E-state index in [4.69, 9.17) is 9.97 Å². The molecule has 1 fully saturated rings. The second-order valence-electron chi connectivity index (χ2n) is 6.96. The number of fused-ring (bicyclic) bond motifs is 4. The van der Waals surface area contributed by atoms with Gasteiger partial charge in [0.2, 0.25) is 0 Å². The highest BCUT2D eigenvalue weighted by atomic mass is 15.2. The van der Waals surface area contributed by atoms with Crippen LogP contribution in [0, 0.1) is 0 Å². The predicted octanol–water partition coefficient (Wildman–Crippen LogP) is 4.22. The van der Waals surface area contributed by atoms with Crippen molar-refractivity contribution in [1.82, 2.24) is 19.4 Å². The monoisotopic (exact) mass is 330 g/mol. The van der Waals surface area contributed by atoms with E-state index in [1.54, 1.807) is 0 Å². The molecule has 0 radical (unpaired) electrons. The highest BCUT2D eigenvalue weighted by Crippen LogP contribution is 2.28. The minimum Gasteiger partial charge on any atom is -0.323 e. The smallest absolute Gasteiger partial charge is 0.160 e. The van der Waals surface area contributed by atoms with Crippen LogP contribution in [0.4, 0.5) is 0 Å². The molecule has 0 bridgehead atoms. The zero-order valence-corrected chi connectivity index (χ0v) is 14.4. The Labute approximate surface area is 147 Å². The SMILES string of the molecule is c1ccc2nc3c(nc2c1)c1ccccc1n3CCN1CCCCC1. The summed E-state index contributed by atoms with van der Waals surface area (Å²) in [7, 11) is 0. The summed E-state index contributed by atoms with van der Waals surface area (Å²) in [5.41, 5.74) is 5.21. The van der Waals surface area contributed by atoms with Crippen LogP contribution in [0.25, 0.3) is 33.1 Å². The Morgan fingerprint density at radius 2 is 1.48 bits per heavy atom. The first-order chi connectivity index (χ1) is 12.4. The molecule has 3 heterocycles. The van der Waals surface area contributed by atoms with Gasteiger partial charge in [0.25, 0.3) is 0 Å². The quantitative estimate of drug-likeness (QED) is 0.564. The molecule has 4 heteroatoms. The van der Waals surface area contributed by atoms with Crippen molar-refractivity contribution in [3.05, 3.63) is 48.5 Å². The Morgan fingerprint density at radius 3 is 2.32 bits per heavy atom. The number of piperidine rings is 1. The second kappa shape index (κ2) is 6.12. The first-order valence-corrected chi connectivity index (χ1v) is 9.26. The molecular weight excluding hydrogens is 308 g/mol. The van der Waals surface area contributed by atoms with Crippen LogP contribution >= 0.6 is 0 Å². The van der Waals surface area contributed by atoms with Crippen molar-refractivity contribution in [1.29, 1.82) is 0 Å². The molecular formula is C21H22N4. The molecule has 0 N–H and O–H groups in total. The summed E-state index contributed by atoms with van der Waals surface area (Å²) >= 11 is 0. The maximum absolute atomic E-state index is 4.96. The number of para-hydroxylation sites is 3. The lowest BCUT2D eigenvalue weighted by atomic mass is 10.1. The third-order valence-electron chi connectivity index (χ3n) is 5.35. The topological polar surface area (TPSA) is 34.0 Å². The number of nitrogens with zero attached hydrogens (tertiary/aromatic N) is 4. The summed E-state index contributed by atoms with van der Waals surface area (Å²) in [6.07, 6.45) is 4.04. The van der Waals surface area contributed by atoms with Crippen molar-refractivity contribution in [2.75, 3.05) is 19.6 Å². The third-order valence-corrected chi connectivity index (χ3v) is 5.35. The van der Waals surface area contributed by atoms with E-state index in [9.17, 15) is 0 Å². The molecule has 0 spiro atoms. The summed E-state index contributed by atoms with van der Waals surface area (Å²) < 4.78 is 2.36. The number of rotatable bonds is 3. The Balaban J connectivity index is 1.64. The van der Waals surface area contributed by atoms with Crippen LogP contribution < -0.4 is 0 Å². The molecule has 5 rings (SSSR count). The first-order valence-electron chi connectivity index (χ1n) is 9.26. The van der Waals surface area contributed by atoms with E-state index < -0.39 is 0 Å². The normalized spacial score (nSPS) is 16.2. The second-order valence-corrected chi connectivity index (χ2v) is 6.96. The highest BCUT2D eigenvalue weighted by molar-refractivity contribution is 6.06. The van der Waals surface area contributed by atoms with Crippen molar-refractivity contribution < 1.29 is 0 Å². The average Bonchev–Trinajstić information content (AvgIpc) is 2.98. The van der Waals surface area contributed by atoms with Crippen molar-refractivity contribution in [3.8, 4) is 0 Å². The van der Waals surface area contributed by atoms with Gasteiger partial charge in [-0.25, -0.2) is 9.97 Å². The molecule has 1 aliphatic rings. The van der Waals surface area contributed by atoms with E-state index >= 15 is 0 Å². The zero-order valence-electron chi connectivity index (χ0n) is 14.4. The molecule has 2 aromatic heterocycles. The number of aromatic nitrogens is 3.